The number of nitrogens with one attached hydrogen (secondary N) is 2. The minimum atomic E-state index is -0.670. The lowest BCUT2D eigenvalue weighted by Gasteiger charge is -2.35. The molecule has 12 heteroatoms. The maximum atomic E-state index is 14.1. The summed E-state index contributed by atoms with van der Waals surface area (Å²) in [5.41, 5.74) is 0.648. The number of anilines is 1. The molecule has 2 bridgehead atoms. The fourth-order valence-corrected chi connectivity index (χ4v) is 10.4. The van der Waals surface area contributed by atoms with Crippen molar-refractivity contribution < 1.29 is 29.0 Å². The van der Waals surface area contributed by atoms with Crippen LogP contribution in [0.2, 0.25) is 0 Å². The van der Waals surface area contributed by atoms with Gasteiger partial charge in [0.25, 0.3) is 0 Å². The van der Waals surface area contributed by atoms with E-state index >= 15 is 0 Å². The lowest BCUT2D eigenvalue weighted by atomic mass is 9.70. The van der Waals surface area contributed by atoms with E-state index < -0.39 is 22.6 Å². The number of carbonyl (C=O) groups excluding carboxylic acids is 3. The van der Waals surface area contributed by atoms with Gasteiger partial charge in [0.05, 0.1) is 36.4 Å². The zero-order valence-corrected chi connectivity index (χ0v) is 26.0. The van der Waals surface area contributed by atoms with Crippen molar-refractivity contribution in [2.75, 3.05) is 64.5 Å². The van der Waals surface area contributed by atoms with Gasteiger partial charge in [-0.2, -0.15) is 0 Å². The molecule has 0 aliphatic carbocycles. The number of ether oxygens (including phenoxy) is 2. The Morgan fingerprint density at radius 3 is 2.61 bits per heavy atom. The van der Waals surface area contributed by atoms with Crippen LogP contribution in [0.25, 0.3) is 0 Å². The number of fused-ring (bicyclic) bond motifs is 1. The van der Waals surface area contributed by atoms with E-state index in [9.17, 15) is 19.5 Å². The number of unbranched alkanes of at least 4 members (excludes halogenated alkanes) is 2. The number of amides is 3. The standard InChI is InChI=1S/C29H41BrN4O6S/c1-2-40-20-8-6-19(7-9-20)32-26(36)22-23-28(38)34(11-4-3-5-15-35)25(29(23)18-21(30)24(22)41-29)27(37)31-10-12-33-13-16-39-17-14-33/h6-9,21-25,35H,2-5,10-18H2,1H3,(H,31,37)(H,32,36)/t21?,22-,23-,24-,25?,29?/m0/s1. The summed E-state index contributed by atoms with van der Waals surface area (Å²) in [4.78, 5) is 45.8. The highest BCUT2D eigenvalue weighted by Gasteiger charge is 2.75. The number of nitrogens with zero attached hydrogens (tertiary/aromatic N) is 2. The number of rotatable bonds is 13. The fraction of sp³-hybridized carbons (Fsp3) is 0.690. The molecule has 4 saturated heterocycles. The highest BCUT2D eigenvalue weighted by Crippen LogP contribution is 2.67. The van der Waals surface area contributed by atoms with Gasteiger partial charge in [0, 0.05) is 55.1 Å². The first-order chi connectivity index (χ1) is 19.9. The lowest BCUT2D eigenvalue weighted by Crippen LogP contribution is -2.55. The summed E-state index contributed by atoms with van der Waals surface area (Å²) >= 11 is 5.46. The molecule has 5 rings (SSSR count). The van der Waals surface area contributed by atoms with Crippen LogP contribution in [0.4, 0.5) is 5.69 Å². The van der Waals surface area contributed by atoms with E-state index in [2.05, 4.69) is 31.5 Å². The Morgan fingerprint density at radius 2 is 1.90 bits per heavy atom. The van der Waals surface area contributed by atoms with Crippen LogP contribution in [0.15, 0.2) is 24.3 Å². The van der Waals surface area contributed by atoms with Crippen molar-refractivity contribution in [2.24, 2.45) is 11.8 Å². The van der Waals surface area contributed by atoms with E-state index in [4.69, 9.17) is 9.47 Å². The molecule has 4 aliphatic rings. The number of carbonyl (C=O) groups is 3. The number of likely N-dealkylation sites (tertiary alicyclic amines) is 1. The molecule has 4 fully saturated rings. The Balaban J connectivity index is 1.34. The van der Waals surface area contributed by atoms with E-state index in [1.54, 1.807) is 28.8 Å². The quantitative estimate of drug-likeness (QED) is 0.219. The van der Waals surface area contributed by atoms with Crippen LogP contribution in [0.3, 0.4) is 0 Å². The number of hydrogen-bond acceptors (Lipinski definition) is 8. The van der Waals surface area contributed by atoms with Gasteiger partial charge in [-0.05, 0) is 56.9 Å². The van der Waals surface area contributed by atoms with Gasteiger partial charge in [0.1, 0.15) is 11.8 Å². The molecule has 4 heterocycles. The molecule has 3 N–H and O–H groups in total. The first-order valence-electron chi connectivity index (χ1n) is 14.7. The number of thioether (sulfide) groups is 1. The predicted octanol–water partition coefficient (Wildman–Crippen LogP) is 2.10. The Labute approximate surface area is 254 Å². The molecule has 10 nitrogen and oxygen atoms in total. The number of hydrogen-bond donors (Lipinski definition) is 3. The van der Waals surface area contributed by atoms with Gasteiger partial charge >= 0.3 is 0 Å². The monoisotopic (exact) mass is 652 g/mol. The third kappa shape index (κ3) is 6.27. The summed E-state index contributed by atoms with van der Waals surface area (Å²) in [6.45, 7) is 7.31. The zero-order chi connectivity index (χ0) is 29.0. The van der Waals surface area contributed by atoms with Gasteiger partial charge in [-0.3, -0.25) is 19.3 Å². The molecule has 4 aliphatic heterocycles. The summed E-state index contributed by atoms with van der Waals surface area (Å²) < 4.78 is 10.3. The minimum absolute atomic E-state index is 0.0191. The molecule has 3 amide bonds. The molecule has 0 saturated carbocycles. The number of benzene rings is 1. The molecule has 1 spiro atoms. The Bertz CT molecular complexity index is 1090. The van der Waals surface area contributed by atoms with Gasteiger partial charge < -0.3 is 30.1 Å². The molecular weight excluding hydrogens is 612 g/mol. The average Bonchev–Trinajstić information content (AvgIpc) is 3.56. The number of aliphatic hydroxyl groups excluding tert-OH is 1. The zero-order valence-electron chi connectivity index (χ0n) is 23.6. The Morgan fingerprint density at radius 1 is 1.15 bits per heavy atom. The summed E-state index contributed by atoms with van der Waals surface area (Å²) in [6.07, 6.45) is 2.77. The smallest absolute Gasteiger partial charge is 0.244 e. The van der Waals surface area contributed by atoms with Crippen molar-refractivity contribution in [3.8, 4) is 5.75 Å². The maximum absolute atomic E-state index is 14.1. The molecular formula is C29H41BrN4O6S. The number of alkyl halides is 1. The number of aliphatic hydroxyl groups is 1. The van der Waals surface area contributed by atoms with E-state index in [-0.39, 0.29) is 34.4 Å². The molecule has 1 aromatic rings. The lowest BCUT2D eigenvalue weighted by molar-refractivity contribution is -0.139. The topological polar surface area (TPSA) is 120 Å². The molecule has 0 radical (unpaired) electrons. The van der Waals surface area contributed by atoms with Crippen LogP contribution < -0.4 is 15.4 Å². The van der Waals surface area contributed by atoms with Crippen LogP contribution in [0.1, 0.15) is 32.6 Å². The normalized spacial score (nSPS) is 30.9. The summed E-state index contributed by atoms with van der Waals surface area (Å²) in [6, 6.07) is 6.60. The Kier molecular flexibility index (Phi) is 10.2. The van der Waals surface area contributed by atoms with E-state index in [1.165, 1.54) is 0 Å². The second kappa shape index (κ2) is 13.6. The maximum Gasteiger partial charge on any atom is 0.244 e. The summed E-state index contributed by atoms with van der Waals surface area (Å²) in [7, 11) is 0. The van der Waals surface area contributed by atoms with Crippen molar-refractivity contribution in [2.45, 2.75) is 53.5 Å². The largest absolute Gasteiger partial charge is 0.494 e. The van der Waals surface area contributed by atoms with Gasteiger partial charge in [0.15, 0.2) is 0 Å². The first-order valence-corrected chi connectivity index (χ1v) is 16.5. The minimum Gasteiger partial charge on any atom is -0.494 e. The van der Waals surface area contributed by atoms with Crippen molar-refractivity contribution in [3.63, 3.8) is 0 Å². The molecule has 3 unspecified atom stereocenters. The number of halogens is 1. The Hall–Kier alpha value is -1.86. The first kappa shape index (κ1) is 30.6. The van der Waals surface area contributed by atoms with E-state index in [0.717, 1.165) is 31.8 Å². The van der Waals surface area contributed by atoms with Gasteiger partial charge in [-0.1, -0.05) is 15.9 Å². The SMILES string of the molecule is CCOc1ccc(NC(=O)[C@H]2[C@H]3C(=O)N(CCCCCO)C(C(=O)NCCN4CCOCC4)C34CC(Br)[C@@H]2S4)cc1. The molecule has 1 aromatic carbocycles. The van der Waals surface area contributed by atoms with Crippen LogP contribution in [-0.4, -0.2) is 113 Å². The third-order valence-corrected chi connectivity index (χ3v) is 11.9. The van der Waals surface area contributed by atoms with Gasteiger partial charge in [-0.25, -0.2) is 0 Å². The van der Waals surface area contributed by atoms with Gasteiger partial charge in [0.2, 0.25) is 17.7 Å². The highest BCUT2D eigenvalue weighted by molar-refractivity contribution is 9.09. The van der Waals surface area contributed by atoms with Gasteiger partial charge in [-0.15, -0.1) is 11.8 Å². The van der Waals surface area contributed by atoms with Crippen LogP contribution in [0, 0.1) is 11.8 Å². The van der Waals surface area contributed by atoms with Crippen molar-refractivity contribution >= 4 is 51.1 Å². The summed E-state index contributed by atoms with van der Waals surface area (Å²) in [5.74, 6) is -0.833. The number of morpholine rings is 1. The van der Waals surface area contributed by atoms with E-state index in [1.807, 2.05) is 19.1 Å². The van der Waals surface area contributed by atoms with Crippen LogP contribution in [-0.2, 0) is 19.1 Å². The van der Waals surface area contributed by atoms with Crippen molar-refractivity contribution in [1.82, 2.24) is 15.1 Å². The predicted molar refractivity (Wildman–Crippen MR) is 161 cm³/mol. The molecule has 226 valence electrons. The van der Waals surface area contributed by atoms with Crippen LogP contribution >= 0.6 is 27.7 Å². The van der Waals surface area contributed by atoms with E-state index in [0.29, 0.717) is 57.9 Å². The van der Waals surface area contributed by atoms with Crippen LogP contribution in [0.5, 0.6) is 5.75 Å². The fourth-order valence-electron chi connectivity index (χ4n) is 6.83. The molecule has 41 heavy (non-hydrogen) atoms. The average molecular weight is 654 g/mol. The highest BCUT2D eigenvalue weighted by atomic mass is 79.9. The molecule has 0 aromatic heterocycles. The second-order valence-corrected chi connectivity index (χ2v) is 13.9. The third-order valence-electron chi connectivity index (χ3n) is 8.66. The summed E-state index contributed by atoms with van der Waals surface area (Å²) in [5, 5.41) is 15.3. The second-order valence-electron chi connectivity index (χ2n) is 11.2. The molecule has 6 atom stereocenters. The van der Waals surface area contributed by atoms with Crippen molar-refractivity contribution in [1.29, 1.82) is 0 Å². The van der Waals surface area contributed by atoms with Crippen molar-refractivity contribution in [3.05, 3.63) is 24.3 Å².